The number of rotatable bonds is 7. The van der Waals surface area contributed by atoms with E-state index in [-0.39, 0.29) is 23.2 Å². The molecule has 31 heavy (non-hydrogen) atoms. The Morgan fingerprint density at radius 3 is 2.71 bits per heavy atom. The maximum Gasteiger partial charge on any atom is 0.341 e. The van der Waals surface area contributed by atoms with Crippen LogP contribution in [0.4, 0.5) is 11.4 Å². The van der Waals surface area contributed by atoms with Crippen LogP contribution in [-0.2, 0) is 14.3 Å². The molecule has 4 rings (SSSR count). The van der Waals surface area contributed by atoms with Gasteiger partial charge in [-0.25, -0.2) is 4.79 Å². The van der Waals surface area contributed by atoms with E-state index in [4.69, 9.17) is 9.47 Å². The van der Waals surface area contributed by atoms with Crippen LogP contribution in [0.25, 0.3) is 0 Å². The molecule has 1 amide bonds. The van der Waals surface area contributed by atoms with Gasteiger partial charge in [-0.1, -0.05) is 6.42 Å². The lowest BCUT2D eigenvalue weighted by Gasteiger charge is -2.30. The fraction of sp³-hybridized carbons (Fsp3) is 0.636. The maximum atomic E-state index is 12.8. The first-order chi connectivity index (χ1) is 14.9. The molecule has 168 valence electrons. The lowest BCUT2D eigenvalue weighted by molar-refractivity contribution is -0.384. The second kappa shape index (κ2) is 9.21. The number of carbonyl (C=O) groups excluding carboxylic acids is 2. The molecule has 3 fully saturated rings. The smallest absolute Gasteiger partial charge is 0.341 e. The number of amides is 1. The molecule has 1 aromatic rings. The predicted molar refractivity (Wildman–Crippen MR) is 113 cm³/mol. The van der Waals surface area contributed by atoms with E-state index >= 15 is 0 Å². The molecule has 2 saturated carbocycles. The van der Waals surface area contributed by atoms with Gasteiger partial charge in [-0.05, 0) is 50.0 Å². The van der Waals surface area contributed by atoms with Crippen LogP contribution in [0, 0.1) is 27.9 Å². The number of fused-ring (bicyclic) bond motifs is 2. The summed E-state index contributed by atoms with van der Waals surface area (Å²) in [7, 11) is 0. The van der Waals surface area contributed by atoms with E-state index in [0.29, 0.717) is 43.8 Å². The summed E-state index contributed by atoms with van der Waals surface area (Å²) in [4.78, 5) is 37.7. The van der Waals surface area contributed by atoms with Gasteiger partial charge in [0.1, 0.15) is 0 Å². The summed E-state index contributed by atoms with van der Waals surface area (Å²) in [6.07, 6.45) is 4.95. The molecule has 1 N–H and O–H groups in total. The zero-order chi connectivity index (χ0) is 22.0. The minimum Gasteiger partial charge on any atom is -0.452 e. The summed E-state index contributed by atoms with van der Waals surface area (Å²) < 4.78 is 10.6. The number of esters is 1. The molecule has 1 aromatic carbocycles. The maximum absolute atomic E-state index is 12.8. The Hall–Kier alpha value is -2.68. The quantitative estimate of drug-likeness (QED) is 0.401. The van der Waals surface area contributed by atoms with Gasteiger partial charge < -0.3 is 19.7 Å². The van der Waals surface area contributed by atoms with E-state index in [9.17, 15) is 19.7 Å². The third-order valence-electron chi connectivity index (χ3n) is 6.92. The number of non-ortho nitro benzene ring substituents is 1. The summed E-state index contributed by atoms with van der Waals surface area (Å²) in [6.45, 7) is 3.76. The summed E-state index contributed by atoms with van der Waals surface area (Å²) in [5.41, 5.74) is 0.443. The normalized spacial score (nSPS) is 25.8. The summed E-state index contributed by atoms with van der Waals surface area (Å²) >= 11 is 0. The van der Waals surface area contributed by atoms with Gasteiger partial charge in [-0.15, -0.1) is 0 Å². The molecule has 9 heteroatoms. The standard InChI is InChI=1S/C22H29N3O6/c1-14(18-11-15-2-3-16(18)10-15)23-21(26)13-31-22(27)19-12-17(25(28)29)4-5-20(19)24-6-8-30-9-7-24/h4-5,12,14-16,18H,2-3,6-11,13H2,1H3,(H,23,26)/t14-,15+,16+,18-/m0/s1. The lowest BCUT2D eigenvalue weighted by atomic mass is 9.84. The van der Waals surface area contributed by atoms with Gasteiger partial charge in [0.2, 0.25) is 0 Å². The Balaban J connectivity index is 1.38. The number of carbonyl (C=O) groups is 2. The van der Waals surface area contributed by atoms with Crippen LogP contribution >= 0.6 is 0 Å². The number of ether oxygens (including phenoxy) is 2. The second-order valence-corrected chi connectivity index (χ2v) is 8.83. The molecular formula is C22H29N3O6. The van der Waals surface area contributed by atoms with Gasteiger partial charge in [0.15, 0.2) is 6.61 Å². The number of morpholine rings is 1. The highest BCUT2D eigenvalue weighted by Gasteiger charge is 2.42. The van der Waals surface area contributed by atoms with Crippen LogP contribution < -0.4 is 10.2 Å². The average Bonchev–Trinajstić information content (AvgIpc) is 3.41. The van der Waals surface area contributed by atoms with Crippen molar-refractivity contribution in [2.45, 2.75) is 38.6 Å². The molecular weight excluding hydrogens is 402 g/mol. The number of anilines is 1. The molecule has 9 nitrogen and oxygen atoms in total. The van der Waals surface area contributed by atoms with E-state index < -0.39 is 17.5 Å². The van der Waals surface area contributed by atoms with E-state index in [1.54, 1.807) is 6.07 Å². The SMILES string of the molecule is C[C@H](NC(=O)COC(=O)c1cc([N+](=O)[O-])ccc1N1CCOCC1)[C@@H]1C[C@@H]2CC[C@@H]1C2. The first kappa shape index (κ1) is 21.5. The van der Waals surface area contributed by atoms with Crippen molar-refractivity contribution in [1.82, 2.24) is 5.32 Å². The van der Waals surface area contributed by atoms with Gasteiger partial charge in [0.05, 0.1) is 29.4 Å². The van der Waals surface area contributed by atoms with Gasteiger partial charge in [-0.3, -0.25) is 14.9 Å². The summed E-state index contributed by atoms with van der Waals surface area (Å²) in [5.74, 6) is 0.876. The monoisotopic (exact) mass is 431 g/mol. The van der Waals surface area contributed by atoms with Gasteiger partial charge in [0.25, 0.3) is 11.6 Å². The van der Waals surface area contributed by atoms with Crippen LogP contribution in [0.3, 0.4) is 0 Å². The molecule has 4 atom stereocenters. The van der Waals surface area contributed by atoms with Crippen molar-refractivity contribution in [3.8, 4) is 0 Å². The molecule has 0 spiro atoms. The average molecular weight is 431 g/mol. The topological polar surface area (TPSA) is 111 Å². The molecule has 1 heterocycles. The van der Waals surface area contributed by atoms with Crippen molar-refractivity contribution in [2.24, 2.45) is 17.8 Å². The van der Waals surface area contributed by atoms with Crippen molar-refractivity contribution >= 4 is 23.3 Å². The fourth-order valence-corrected chi connectivity index (χ4v) is 5.40. The zero-order valence-corrected chi connectivity index (χ0v) is 17.7. The molecule has 2 aliphatic carbocycles. The number of nitro groups is 1. The van der Waals surface area contributed by atoms with Crippen molar-refractivity contribution in [1.29, 1.82) is 0 Å². The molecule has 2 bridgehead atoms. The van der Waals surface area contributed by atoms with Crippen molar-refractivity contribution in [3.05, 3.63) is 33.9 Å². The fourth-order valence-electron chi connectivity index (χ4n) is 5.40. The van der Waals surface area contributed by atoms with Crippen LogP contribution in [0.2, 0.25) is 0 Å². The van der Waals surface area contributed by atoms with Crippen molar-refractivity contribution in [2.75, 3.05) is 37.8 Å². The largest absolute Gasteiger partial charge is 0.452 e. The third kappa shape index (κ3) is 4.81. The van der Waals surface area contributed by atoms with Crippen LogP contribution in [0.5, 0.6) is 0 Å². The molecule has 0 aromatic heterocycles. The van der Waals surface area contributed by atoms with E-state index in [0.717, 1.165) is 12.3 Å². The minimum atomic E-state index is -0.743. The highest BCUT2D eigenvalue weighted by atomic mass is 16.6. The molecule has 1 saturated heterocycles. The van der Waals surface area contributed by atoms with Crippen molar-refractivity contribution in [3.63, 3.8) is 0 Å². The van der Waals surface area contributed by atoms with Crippen molar-refractivity contribution < 1.29 is 24.0 Å². The Kier molecular flexibility index (Phi) is 6.41. The number of hydrogen-bond donors (Lipinski definition) is 1. The molecule has 0 unspecified atom stereocenters. The Labute approximate surface area is 181 Å². The highest BCUT2D eigenvalue weighted by molar-refractivity contribution is 5.97. The number of nitro benzene ring substituents is 1. The van der Waals surface area contributed by atoms with Gasteiger partial charge in [-0.2, -0.15) is 0 Å². The van der Waals surface area contributed by atoms with Crippen LogP contribution in [0.1, 0.15) is 43.0 Å². The summed E-state index contributed by atoms with van der Waals surface area (Å²) in [5, 5.41) is 14.2. The van der Waals surface area contributed by atoms with E-state index in [1.807, 2.05) is 11.8 Å². The first-order valence-electron chi connectivity index (χ1n) is 11.0. The lowest BCUT2D eigenvalue weighted by Crippen LogP contribution is -2.42. The van der Waals surface area contributed by atoms with Crippen LogP contribution in [0.15, 0.2) is 18.2 Å². The number of nitrogens with one attached hydrogen (secondary N) is 1. The Morgan fingerprint density at radius 1 is 1.29 bits per heavy atom. The molecule has 3 aliphatic rings. The number of nitrogens with zero attached hydrogens (tertiary/aromatic N) is 2. The Bertz CT molecular complexity index is 854. The van der Waals surface area contributed by atoms with E-state index in [2.05, 4.69) is 5.32 Å². The van der Waals surface area contributed by atoms with Crippen LogP contribution in [-0.4, -0.2) is 55.8 Å². The predicted octanol–water partition coefficient (Wildman–Crippen LogP) is 2.53. The highest BCUT2D eigenvalue weighted by Crippen LogP contribution is 2.49. The van der Waals surface area contributed by atoms with Gasteiger partial charge >= 0.3 is 5.97 Å². The van der Waals surface area contributed by atoms with Gasteiger partial charge in [0, 0.05) is 31.3 Å². The molecule has 1 aliphatic heterocycles. The first-order valence-corrected chi connectivity index (χ1v) is 11.0. The zero-order valence-electron chi connectivity index (χ0n) is 17.7. The number of benzene rings is 1. The second-order valence-electron chi connectivity index (χ2n) is 8.83. The number of hydrogen-bond acceptors (Lipinski definition) is 7. The Morgan fingerprint density at radius 2 is 2.06 bits per heavy atom. The minimum absolute atomic E-state index is 0.0447. The van der Waals surface area contributed by atoms with E-state index in [1.165, 1.54) is 31.4 Å². The third-order valence-corrected chi connectivity index (χ3v) is 6.92. The molecule has 0 radical (unpaired) electrons. The summed E-state index contributed by atoms with van der Waals surface area (Å²) in [6, 6.07) is 4.18.